The van der Waals surface area contributed by atoms with Crippen LogP contribution in [0.4, 0.5) is 0 Å². The van der Waals surface area contributed by atoms with Gasteiger partial charge in [0.2, 0.25) is 11.7 Å². The van der Waals surface area contributed by atoms with Crippen molar-refractivity contribution in [2.45, 2.75) is 38.1 Å². The number of hydrogen-bond acceptors (Lipinski definition) is 7. The third-order valence-electron chi connectivity index (χ3n) is 4.17. The van der Waals surface area contributed by atoms with Gasteiger partial charge in [-0.3, -0.25) is 4.90 Å². The van der Waals surface area contributed by atoms with Crippen molar-refractivity contribution < 1.29 is 18.4 Å². The number of likely N-dealkylation sites (tertiary alicyclic amines) is 1. The third kappa shape index (κ3) is 2.79. The summed E-state index contributed by atoms with van der Waals surface area (Å²) in [6, 6.07) is 3.88. The van der Waals surface area contributed by atoms with Crippen LogP contribution in [0.15, 0.2) is 27.3 Å². The standard InChI is InChI=1S/C15H19N3O4/c1-2-6-18(11(4-1)15-20-8-9-21-15)10-13-16-14(17-22-13)12-5-3-7-19-12/h3,5,7,11,15H,1-2,4,6,8-10H2/t11-/m1/s1. The Kier molecular flexibility index (Phi) is 3.92. The van der Waals surface area contributed by atoms with E-state index in [-0.39, 0.29) is 12.3 Å². The second kappa shape index (κ2) is 6.20. The SMILES string of the molecule is c1coc(-c2noc(CN3CCCC[C@@H]3C3OCCO3)n2)c1. The van der Waals surface area contributed by atoms with Crippen molar-refractivity contribution in [3.63, 3.8) is 0 Å². The van der Waals surface area contributed by atoms with Crippen LogP contribution in [0, 0.1) is 0 Å². The van der Waals surface area contributed by atoms with Gasteiger partial charge in [-0.1, -0.05) is 11.6 Å². The predicted octanol–water partition coefficient (Wildman–Crippen LogP) is 2.06. The smallest absolute Gasteiger partial charge is 0.241 e. The fourth-order valence-electron chi connectivity index (χ4n) is 3.12. The summed E-state index contributed by atoms with van der Waals surface area (Å²) in [6.07, 6.45) is 4.91. The fourth-order valence-corrected chi connectivity index (χ4v) is 3.12. The summed E-state index contributed by atoms with van der Waals surface area (Å²) in [4.78, 5) is 6.73. The van der Waals surface area contributed by atoms with Crippen LogP contribution in [0.3, 0.4) is 0 Å². The van der Waals surface area contributed by atoms with Gasteiger partial charge in [-0.15, -0.1) is 0 Å². The third-order valence-corrected chi connectivity index (χ3v) is 4.17. The number of hydrogen-bond donors (Lipinski definition) is 0. The molecule has 7 nitrogen and oxygen atoms in total. The van der Waals surface area contributed by atoms with Crippen LogP contribution in [-0.2, 0) is 16.0 Å². The maximum Gasteiger partial charge on any atom is 0.241 e. The summed E-state index contributed by atoms with van der Waals surface area (Å²) < 4.78 is 22.0. The zero-order chi connectivity index (χ0) is 14.8. The molecule has 0 N–H and O–H groups in total. The largest absolute Gasteiger partial charge is 0.461 e. The highest BCUT2D eigenvalue weighted by atomic mass is 16.7. The van der Waals surface area contributed by atoms with Gasteiger partial charge in [0, 0.05) is 0 Å². The molecule has 2 aromatic rings. The van der Waals surface area contributed by atoms with Gasteiger partial charge in [-0.2, -0.15) is 4.98 Å². The van der Waals surface area contributed by atoms with Crippen molar-refractivity contribution in [2.24, 2.45) is 0 Å². The second-order valence-corrected chi connectivity index (χ2v) is 5.63. The molecule has 7 heteroatoms. The molecule has 0 aromatic carbocycles. The maximum absolute atomic E-state index is 5.68. The average molecular weight is 305 g/mol. The molecule has 0 spiro atoms. The fraction of sp³-hybridized carbons (Fsp3) is 0.600. The Bertz CT molecular complexity index is 592. The number of furan rings is 1. The highest BCUT2D eigenvalue weighted by Crippen LogP contribution is 2.26. The van der Waals surface area contributed by atoms with Crippen molar-refractivity contribution >= 4 is 0 Å². The normalized spacial score (nSPS) is 24.1. The van der Waals surface area contributed by atoms with Crippen LogP contribution in [-0.4, -0.2) is 47.1 Å². The first-order chi connectivity index (χ1) is 10.9. The van der Waals surface area contributed by atoms with E-state index in [2.05, 4.69) is 15.0 Å². The van der Waals surface area contributed by atoms with Crippen molar-refractivity contribution in [3.8, 4) is 11.6 Å². The summed E-state index contributed by atoms with van der Waals surface area (Å²) in [7, 11) is 0. The first-order valence-electron chi connectivity index (χ1n) is 7.74. The Morgan fingerprint density at radius 2 is 2.14 bits per heavy atom. The lowest BCUT2D eigenvalue weighted by Crippen LogP contribution is -2.46. The second-order valence-electron chi connectivity index (χ2n) is 5.63. The number of aromatic nitrogens is 2. The lowest BCUT2D eigenvalue weighted by Gasteiger charge is -2.36. The van der Waals surface area contributed by atoms with Gasteiger partial charge in [-0.05, 0) is 31.5 Å². The van der Waals surface area contributed by atoms with Crippen LogP contribution in [0.5, 0.6) is 0 Å². The van der Waals surface area contributed by atoms with Crippen molar-refractivity contribution in [1.29, 1.82) is 0 Å². The van der Waals surface area contributed by atoms with E-state index in [1.165, 1.54) is 12.8 Å². The molecular formula is C15H19N3O4. The van der Waals surface area contributed by atoms with E-state index in [9.17, 15) is 0 Å². The lowest BCUT2D eigenvalue weighted by atomic mass is 10.0. The molecule has 0 aliphatic carbocycles. The summed E-state index contributed by atoms with van der Waals surface area (Å²) in [5, 5.41) is 3.98. The van der Waals surface area contributed by atoms with Crippen LogP contribution in [0.25, 0.3) is 11.6 Å². The van der Waals surface area contributed by atoms with E-state index in [1.54, 1.807) is 12.3 Å². The zero-order valence-electron chi connectivity index (χ0n) is 12.3. The summed E-state index contributed by atoms with van der Waals surface area (Å²) in [5.74, 6) is 1.70. The molecule has 4 rings (SSSR count). The Morgan fingerprint density at radius 3 is 2.95 bits per heavy atom. The molecule has 118 valence electrons. The molecular weight excluding hydrogens is 286 g/mol. The zero-order valence-corrected chi connectivity index (χ0v) is 12.3. The summed E-state index contributed by atoms with van der Waals surface area (Å²) in [5.41, 5.74) is 0. The van der Waals surface area contributed by atoms with Gasteiger partial charge >= 0.3 is 0 Å². The molecule has 0 bridgehead atoms. The van der Waals surface area contributed by atoms with Gasteiger partial charge in [-0.25, -0.2) is 0 Å². The van der Waals surface area contributed by atoms with Crippen LogP contribution in [0.1, 0.15) is 25.2 Å². The molecule has 1 atom stereocenters. The van der Waals surface area contributed by atoms with E-state index in [4.69, 9.17) is 18.4 Å². The molecule has 0 saturated carbocycles. The van der Waals surface area contributed by atoms with E-state index >= 15 is 0 Å². The Balaban J connectivity index is 1.46. The van der Waals surface area contributed by atoms with E-state index in [0.29, 0.717) is 37.2 Å². The molecule has 2 aliphatic rings. The highest BCUT2D eigenvalue weighted by molar-refractivity contribution is 5.44. The summed E-state index contributed by atoms with van der Waals surface area (Å²) in [6.45, 7) is 2.96. The van der Waals surface area contributed by atoms with E-state index < -0.39 is 0 Å². The minimum atomic E-state index is -0.132. The number of nitrogens with zero attached hydrogens (tertiary/aromatic N) is 3. The molecule has 2 fully saturated rings. The molecule has 0 amide bonds. The Hall–Kier alpha value is -1.70. The average Bonchev–Trinajstić information content (AvgIpc) is 3.30. The molecule has 0 radical (unpaired) electrons. The van der Waals surface area contributed by atoms with Crippen LogP contribution < -0.4 is 0 Å². The minimum absolute atomic E-state index is 0.132. The van der Waals surface area contributed by atoms with E-state index in [0.717, 1.165) is 13.0 Å². The van der Waals surface area contributed by atoms with Gasteiger partial charge in [0.15, 0.2) is 12.1 Å². The molecule has 4 heterocycles. The Morgan fingerprint density at radius 1 is 1.23 bits per heavy atom. The van der Waals surface area contributed by atoms with Crippen LogP contribution >= 0.6 is 0 Å². The monoisotopic (exact) mass is 305 g/mol. The van der Waals surface area contributed by atoms with Crippen molar-refractivity contribution in [2.75, 3.05) is 19.8 Å². The topological polar surface area (TPSA) is 73.8 Å². The first-order valence-corrected chi connectivity index (χ1v) is 7.74. The molecule has 2 aromatic heterocycles. The van der Waals surface area contributed by atoms with Gasteiger partial charge in [0.1, 0.15) is 0 Å². The van der Waals surface area contributed by atoms with Crippen LogP contribution in [0.2, 0.25) is 0 Å². The maximum atomic E-state index is 5.68. The van der Waals surface area contributed by atoms with Gasteiger partial charge < -0.3 is 18.4 Å². The Labute approximate surface area is 128 Å². The number of piperidine rings is 1. The van der Waals surface area contributed by atoms with Gasteiger partial charge in [0.25, 0.3) is 0 Å². The molecule has 22 heavy (non-hydrogen) atoms. The predicted molar refractivity (Wildman–Crippen MR) is 75.7 cm³/mol. The first kappa shape index (κ1) is 13.9. The molecule has 2 aliphatic heterocycles. The van der Waals surface area contributed by atoms with Crippen molar-refractivity contribution in [3.05, 3.63) is 24.3 Å². The van der Waals surface area contributed by atoms with Gasteiger partial charge in [0.05, 0.1) is 32.1 Å². The van der Waals surface area contributed by atoms with Crippen molar-refractivity contribution in [1.82, 2.24) is 15.0 Å². The quantitative estimate of drug-likeness (QED) is 0.856. The lowest BCUT2D eigenvalue weighted by molar-refractivity contribution is -0.112. The molecule has 2 saturated heterocycles. The highest BCUT2D eigenvalue weighted by Gasteiger charge is 2.34. The number of ether oxygens (including phenoxy) is 2. The minimum Gasteiger partial charge on any atom is -0.461 e. The number of rotatable bonds is 4. The summed E-state index contributed by atoms with van der Waals surface area (Å²) >= 11 is 0. The molecule has 0 unspecified atom stereocenters. The van der Waals surface area contributed by atoms with E-state index in [1.807, 2.05) is 6.07 Å².